The van der Waals surface area contributed by atoms with Crippen molar-refractivity contribution < 1.29 is 9.53 Å². The summed E-state index contributed by atoms with van der Waals surface area (Å²) in [7, 11) is 0. The van der Waals surface area contributed by atoms with Gasteiger partial charge < -0.3 is 15.4 Å². The second-order valence-corrected chi connectivity index (χ2v) is 5.05. The highest BCUT2D eigenvalue weighted by Crippen LogP contribution is 2.26. The number of nitrogens with two attached hydrogens (primary N) is 1. The molecule has 1 atom stereocenters. The topological polar surface area (TPSA) is 55.6 Å². The van der Waals surface area contributed by atoms with E-state index in [1.165, 1.54) is 0 Å². The van der Waals surface area contributed by atoms with Crippen molar-refractivity contribution in [1.29, 1.82) is 0 Å². The van der Waals surface area contributed by atoms with Crippen molar-refractivity contribution >= 4 is 17.3 Å². The van der Waals surface area contributed by atoms with E-state index in [-0.39, 0.29) is 5.97 Å². The number of rotatable bonds is 7. The lowest BCUT2D eigenvalue weighted by molar-refractivity contribution is 0.0526. The van der Waals surface area contributed by atoms with E-state index in [2.05, 4.69) is 25.7 Å². The maximum Gasteiger partial charge on any atom is 0.338 e. The van der Waals surface area contributed by atoms with Crippen molar-refractivity contribution in [2.24, 2.45) is 5.92 Å². The largest absolute Gasteiger partial charge is 0.462 e. The minimum atomic E-state index is -0.323. The highest BCUT2D eigenvalue weighted by atomic mass is 16.5. The lowest BCUT2D eigenvalue weighted by Gasteiger charge is -2.27. The van der Waals surface area contributed by atoms with Crippen molar-refractivity contribution in [3.63, 3.8) is 0 Å². The number of esters is 1. The fourth-order valence-electron chi connectivity index (χ4n) is 2.09. The quantitative estimate of drug-likeness (QED) is 0.614. The van der Waals surface area contributed by atoms with Crippen LogP contribution < -0.4 is 10.6 Å². The summed E-state index contributed by atoms with van der Waals surface area (Å²) in [6.07, 6.45) is 1.14. The van der Waals surface area contributed by atoms with Crippen LogP contribution in [0.1, 0.15) is 44.5 Å². The van der Waals surface area contributed by atoms with Crippen LogP contribution in [0.15, 0.2) is 18.2 Å². The van der Waals surface area contributed by atoms with E-state index < -0.39 is 0 Å². The molecule has 1 unspecified atom stereocenters. The molecule has 0 aliphatic rings. The molecule has 0 aromatic heterocycles. The van der Waals surface area contributed by atoms with Crippen LogP contribution in [0.3, 0.4) is 0 Å². The van der Waals surface area contributed by atoms with Crippen LogP contribution in [-0.2, 0) is 4.74 Å². The number of anilines is 2. The first-order chi connectivity index (χ1) is 9.53. The Morgan fingerprint density at radius 2 is 2.05 bits per heavy atom. The molecule has 112 valence electrons. The van der Waals surface area contributed by atoms with Gasteiger partial charge in [-0.25, -0.2) is 4.79 Å². The predicted molar refractivity (Wildman–Crippen MR) is 84.2 cm³/mol. The molecule has 0 aliphatic carbocycles. The van der Waals surface area contributed by atoms with Gasteiger partial charge in [-0.15, -0.1) is 0 Å². The van der Waals surface area contributed by atoms with Gasteiger partial charge in [0, 0.05) is 13.1 Å². The van der Waals surface area contributed by atoms with Gasteiger partial charge in [-0.05, 0) is 38.0 Å². The third-order valence-corrected chi connectivity index (χ3v) is 3.49. The maximum atomic E-state index is 11.7. The average Bonchev–Trinajstić information content (AvgIpc) is 2.45. The molecule has 0 amide bonds. The molecule has 0 spiro atoms. The average molecular weight is 278 g/mol. The molecule has 0 bridgehead atoms. The normalized spacial score (nSPS) is 12.0. The summed E-state index contributed by atoms with van der Waals surface area (Å²) in [6.45, 7) is 10.6. The summed E-state index contributed by atoms with van der Waals surface area (Å²) in [5.41, 5.74) is 8.22. The van der Waals surface area contributed by atoms with Gasteiger partial charge in [-0.1, -0.05) is 20.3 Å². The Balaban J connectivity index is 2.93. The van der Waals surface area contributed by atoms with Crippen molar-refractivity contribution in [2.45, 2.75) is 34.1 Å². The zero-order valence-electron chi connectivity index (χ0n) is 13.0. The molecule has 1 aromatic rings. The molecule has 4 heteroatoms. The van der Waals surface area contributed by atoms with Crippen molar-refractivity contribution in [1.82, 2.24) is 0 Å². The van der Waals surface area contributed by atoms with Gasteiger partial charge in [-0.3, -0.25) is 0 Å². The standard InChI is InChI=1S/C16H26N2O2/c1-5-12(4)11-18(6-2)15-9-8-13(10-14(15)17)16(19)20-7-3/h8-10,12H,5-7,11,17H2,1-4H3. The van der Waals surface area contributed by atoms with Gasteiger partial charge in [0.15, 0.2) is 0 Å². The molecular formula is C16H26N2O2. The van der Waals surface area contributed by atoms with E-state index in [1.807, 2.05) is 6.07 Å². The van der Waals surface area contributed by atoms with Crippen LogP contribution >= 0.6 is 0 Å². The Bertz CT molecular complexity index is 446. The minimum absolute atomic E-state index is 0.323. The Kier molecular flexibility index (Phi) is 6.36. The van der Waals surface area contributed by atoms with Gasteiger partial charge in [-0.2, -0.15) is 0 Å². The molecule has 20 heavy (non-hydrogen) atoms. The summed E-state index contributed by atoms with van der Waals surface area (Å²) in [4.78, 5) is 13.9. The maximum absolute atomic E-state index is 11.7. The van der Waals surface area contributed by atoms with E-state index in [0.29, 0.717) is 23.8 Å². The minimum Gasteiger partial charge on any atom is -0.462 e. The highest BCUT2D eigenvalue weighted by molar-refractivity contribution is 5.92. The summed E-state index contributed by atoms with van der Waals surface area (Å²) >= 11 is 0. The fraction of sp³-hybridized carbons (Fsp3) is 0.562. The molecular weight excluding hydrogens is 252 g/mol. The Morgan fingerprint density at radius 3 is 2.55 bits per heavy atom. The number of ether oxygens (including phenoxy) is 1. The first kappa shape index (κ1) is 16.3. The van der Waals surface area contributed by atoms with Gasteiger partial charge in [0.1, 0.15) is 0 Å². The van der Waals surface area contributed by atoms with Gasteiger partial charge in [0.2, 0.25) is 0 Å². The van der Waals surface area contributed by atoms with E-state index in [4.69, 9.17) is 10.5 Å². The van der Waals surface area contributed by atoms with E-state index >= 15 is 0 Å². The van der Waals surface area contributed by atoms with Crippen LogP contribution in [0.5, 0.6) is 0 Å². The lowest BCUT2D eigenvalue weighted by Crippen LogP contribution is -2.28. The first-order valence-corrected chi connectivity index (χ1v) is 7.34. The van der Waals surface area contributed by atoms with Crippen molar-refractivity contribution in [2.75, 3.05) is 30.3 Å². The molecule has 0 fully saturated rings. The number of nitrogens with zero attached hydrogens (tertiary/aromatic N) is 1. The first-order valence-electron chi connectivity index (χ1n) is 7.34. The summed E-state index contributed by atoms with van der Waals surface area (Å²) in [6, 6.07) is 5.39. The van der Waals surface area contributed by atoms with E-state index in [9.17, 15) is 4.79 Å². The molecule has 0 radical (unpaired) electrons. The molecule has 4 nitrogen and oxygen atoms in total. The molecule has 0 heterocycles. The number of nitrogen functional groups attached to an aromatic ring is 1. The van der Waals surface area contributed by atoms with Gasteiger partial charge >= 0.3 is 5.97 Å². The van der Waals surface area contributed by atoms with Crippen molar-refractivity contribution in [3.8, 4) is 0 Å². The fourth-order valence-corrected chi connectivity index (χ4v) is 2.09. The number of hydrogen-bond donors (Lipinski definition) is 1. The third-order valence-electron chi connectivity index (χ3n) is 3.49. The van der Waals surface area contributed by atoms with E-state index in [0.717, 1.165) is 25.2 Å². The molecule has 1 rings (SSSR count). The van der Waals surface area contributed by atoms with Crippen LogP contribution in [-0.4, -0.2) is 25.7 Å². The van der Waals surface area contributed by atoms with E-state index in [1.54, 1.807) is 19.1 Å². The number of hydrogen-bond acceptors (Lipinski definition) is 4. The Hall–Kier alpha value is -1.71. The summed E-state index contributed by atoms with van der Waals surface area (Å²) in [5, 5.41) is 0. The second kappa shape index (κ2) is 7.78. The predicted octanol–water partition coefficient (Wildman–Crippen LogP) is 3.32. The molecule has 2 N–H and O–H groups in total. The van der Waals surface area contributed by atoms with Crippen molar-refractivity contribution in [3.05, 3.63) is 23.8 Å². The van der Waals surface area contributed by atoms with Gasteiger partial charge in [0.05, 0.1) is 23.5 Å². The van der Waals surface area contributed by atoms with Crippen LogP contribution in [0.2, 0.25) is 0 Å². The third kappa shape index (κ3) is 4.15. The number of benzene rings is 1. The lowest BCUT2D eigenvalue weighted by atomic mass is 10.1. The smallest absolute Gasteiger partial charge is 0.338 e. The molecule has 0 saturated carbocycles. The monoisotopic (exact) mass is 278 g/mol. The number of carbonyl (C=O) groups is 1. The second-order valence-electron chi connectivity index (χ2n) is 5.05. The summed E-state index contributed by atoms with van der Waals surface area (Å²) in [5.74, 6) is 0.287. The zero-order valence-corrected chi connectivity index (χ0v) is 13.0. The summed E-state index contributed by atoms with van der Waals surface area (Å²) < 4.78 is 4.98. The van der Waals surface area contributed by atoms with Crippen LogP contribution in [0.4, 0.5) is 11.4 Å². The highest BCUT2D eigenvalue weighted by Gasteiger charge is 2.14. The SMILES string of the molecule is CCOC(=O)c1ccc(N(CC)CC(C)CC)c(N)c1. The molecule has 0 saturated heterocycles. The van der Waals surface area contributed by atoms with Crippen LogP contribution in [0.25, 0.3) is 0 Å². The molecule has 1 aromatic carbocycles. The Labute approximate surface area is 121 Å². The zero-order chi connectivity index (χ0) is 15.1. The number of carbonyl (C=O) groups excluding carboxylic acids is 1. The van der Waals surface area contributed by atoms with Crippen LogP contribution in [0, 0.1) is 5.92 Å². The van der Waals surface area contributed by atoms with Gasteiger partial charge in [0.25, 0.3) is 0 Å². The Morgan fingerprint density at radius 1 is 1.35 bits per heavy atom. The molecule has 0 aliphatic heterocycles.